The predicted octanol–water partition coefficient (Wildman–Crippen LogP) is -0.212. The molecule has 0 radical (unpaired) electrons. The van der Waals surface area contributed by atoms with Gasteiger partial charge in [-0.1, -0.05) is 11.6 Å². The molecule has 0 saturated heterocycles. The SMILES string of the molecule is COc1cc(CNCC(N)=O)cc(Cl)c1OCC(N)=O. The molecule has 0 fully saturated rings. The molecule has 0 aliphatic carbocycles. The Morgan fingerprint density at radius 3 is 2.55 bits per heavy atom. The van der Waals surface area contributed by atoms with Crippen LogP contribution in [0.4, 0.5) is 0 Å². The third-order valence-electron chi connectivity index (χ3n) is 2.28. The fraction of sp³-hybridized carbons (Fsp3) is 0.333. The van der Waals surface area contributed by atoms with Crippen LogP contribution in [0.25, 0.3) is 0 Å². The third kappa shape index (κ3) is 4.94. The van der Waals surface area contributed by atoms with Gasteiger partial charge in [0.25, 0.3) is 5.91 Å². The van der Waals surface area contributed by atoms with Crippen molar-refractivity contribution in [1.29, 1.82) is 0 Å². The molecule has 5 N–H and O–H groups in total. The molecule has 1 rings (SSSR count). The number of primary amides is 2. The zero-order valence-corrected chi connectivity index (χ0v) is 11.7. The summed E-state index contributed by atoms with van der Waals surface area (Å²) in [5.41, 5.74) is 10.8. The van der Waals surface area contributed by atoms with E-state index in [0.29, 0.717) is 12.3 Å². The first-order valence-electron chi connectivity index (χ1n) is 5.70. The van der Waals surface area contributed by atoms with Gasteiger partial charge >= 0.3 is 0 Å². The number of nitrogens with one attached hydrogen (secondary N) is 1. The molecule has 0 saturated carbocycles. The zero-order chi connectivity index (χ0) is 15.1. The number of nitrogens with two attached hydrogens (primary N) is 2. The number of benzene rings is 1. The summed E-state index contributed by atoms with van der Waals surface area (Å²) in [5.74, 6) is -0.457. The minimum Gasteiger partial charge on any atom is -0.493 e. The Hall–Kier alpha value is -1.99. The highest BCUT2D eigenvalue weighted by molar-refractivity contribution is 6.32. The van der Waals surface area contributed by atoms with Crippen molar-refractivity contribution in [3.8, 4) is 11.5 Å². The van der Waals surface area contributed by atoms with Gasteiger partial charge in [0, 0.05) is 6.54 Å². The van der Waals surface area contributed by atoms with Crippen molar-refractivity contribution in [3.05, 3.63) is 22.7 Å². The van der Waals surface area contributed by atoms with Crippen LogP contribution in [0.2, 0.25) is 5.02 Å². The summed E-state index contributed by atoms with van der Waals surface area (Å²) in [6, 6.07) is 3.31. The van der Waals surface area contributed by atoms with Crippen LogP contribution in [0.1, 0.15) is 5.56 Å². The quantitative estimate of drug-likeness (QED) is 0.614. The number of rotatable bonds is 8. The van der Waals surface area contributed by atoms with Crippen LogP contribution in [0.5, 0.6) is 11.5 Å². The van der Waals surface area contributed by atoms with Crippen LogP contribution in [0.3, 0.4) is 0 Å². The van der Waals surface area contributed by atoms with Crippen molar-refractivity contribution in [3.63, 3.8) is 0 Å². The Kier molecular flexibility index (Phi) is 6.08. The van der Waals surface area contributed by atoms with Crippen molar-refractivity contribution in [2.24, 2.45) is 11.5 Å². The molecular weight excluding hydrogens is 286 g/mol. The van der Waals surface area contributed by atoms with Crippen LogP contribution < -0.4 is 26.3 Å². The normalized spacial score (nSPS) is 10.1. The van der Waals surface area contributed by atoms with Gasteiger partial charge in [-0.15, -0.1) is 0 Å². The van der Waals surface area contributed by atoms with Gasteiger partial charge < -0.3 is 26.3 Å². The molecule has 0 aliphatic rings. The fourth-order valence-corrected chi connectivity index (χ4v) is 1.78. The van der Waals surface area contributed by atoms with Crippen LogP contribution in [-0.2, 0) is 16.1 Å². The van der Waals surface area contributed by atoms with Gasteiger partial charge in [0.05, 0.1) is 18.7 Å². The monoisotopic (exact) mass is 301 g/mol. The Bertz CT molecular complexity index is 508. The number of methoxy groups -OCH3 is 1. The number of hydrogen-bond acceptors (Lipinski definition) is 5. The highest BCUT2D eigenvalue weighted by Gasteiger charge is 2.13. The number of amides is 2. The summed E-state index contributed by atoms with van der Waals surface area (Å²) in [6.07, 6.45) is 0. The van der Waals surface area contributed by atoms with Gasteiger partial charge in [-0.05, 0) is 17.7 Å². The smallest absolute Gasteiger partial charge is 0.255 e. The number of carbonyl (C=O) groups is 2. The summed E-state index contributed by atoms with van der Waals surface area (Å²) < 4.78 is 10.3. The predicted molar refractivity (Wildman–Crippen MR) is 73.6 cm³/mol. The maximum atomic E-state index is 10.7. The maximum absolute atomic E-state index is 10.7. The first kappa shape index (κ1) is 16.1. The van der Waals surface area contributed by atoms with E-state index in [1.54, 1.807) is 12.1 Å². The molecule has 8 heteroatoms. The lowest BCUT2D eigenvalue weighted by molar-refractivity contribution is -0.120. The first-order valence-corrected chi connectivity index (χ1v) is 6.08. The van der Waals surface area contributed by atoms with Gasteiger partial charge in [-0.3, -0.25) is 9.59 Å². The standard InChI is InChI=1S/C12H16ClN3O4/c1-19-9-3-7(4-16-5-10(14)17)2-8(13)12(9)20-6-11(15)18/h2-3,16H,4-6H2,1H3,(H2,14,17)(H2,15,18). The molecule has 1 aromatic rings. The molecule has 0 aliphatic heterocycles. The second-order valence-electron chi connectivity index (χ2n) is 3.93. The van der Waals surface area contributed by atoms with Crippen LogP contribution in [0.15, 0.2) is 12.1 Å². The first-order chi connectivity index (χ1) is 9.43. The molecule has 7 nitrogen and oxygen atoms in total. The molecule has 0 atom stereocenters. The van der Waals surface area contributed by atoms with E-state index in [1.165, 1.54) is 7.11 Å². The van der Waals surface area contributed by atoms with E-state index in [0.717, 1.165) is 5.56 Å². The highest BCUT2D eigenvalue weighted by atomic mass is 35.5. The molecule has 2 amide bonds. The highest BCUT2D eigenvalue weighted by Crippen LogP contribution is 2.36. The average molecular weight is 302 g/mol. The molecule has 20 heavy (non-hydrogen) atoms. The van der Waals surface area contributed by atoms with E-state index in [2.05, 4.69) is 5.32 Å². The molecule has 0 heterocycles. The summed E-state index contributed by atoms with van der Waals surface area (Å²) in [6.45, 7) is 0.143. The number of hydrogen-bond donors (Lipinski definition) is 3. The summed E-state index contributed by atoms with van der Waals surface area (Å²) >= 11 is 6.06. The molecule has 1 aromatic carbocycles. The van der Waals surface area contributed by atoms with Gasteiger partial charge in [-0.2, -0.15) is 0 Å². The lowest BCUT2D eigenvalue weighted by Gasteiger charge is -2.13. The van der Waals surface area contributed by atoms with Crippen molar-refractivity contribution < 1.29 is 19.1 Å². The molecule has 0 bridgehead atoms. The minimum atomic E-state index is -0.615. The number of carbonyl (C=O) groups excluding carboxylic acids is 2. The Balaban J connectivity index is 2.83. The van der Waals surface area contributed by atoms with Crippen LogP contribution in [0, 0.1) is 0 Å². The fourth-order valence-electron chi connectivity index (χ4n) is 1.49. The van der Waals surface area contributed by atoms with Crippen LogP contribution >= 0.6 is 11.6 Å². The van der Waals surface area contributed by atoms with E-state index in [1.807, 2.05) is 0 Å². The Morgan fingerprint density at radius 1 is 1.30 bits per heavy atom. The summed E-state index contributed by atoms with van der Waals surface area (Å²) in [4.78, 5) is 21.3. The second-order valence-corrected chi connectivity index (χ2v) is 4.34. The molecule has 0 unspecified atom stereocenters. The molecular formula is C12H16ClN3O4. The lowest BCUT2D eigenvalue weighted by atomic mass is 10.2. The Morgan fingerprint density at radius 2 is 2.00 bits per heavy atom. The van der Waals surface area contributed by atoms with E-state index in [-0.39, 0.29) is 23.9 Å². The minimum absolute atomic E-state index is 0.0554. The van der Waals surface area contributed by atoms with Gasteiger partial charge in [0.15, 0.2) is 18.1 Å². The van der Waals surface area contributed by atoms with Gasteiger partial charge in [0.1, 0.15) is 0 Å². The molecule has 0 aromatic heterocycles. The third-order valence-corrected chi connectivity index (χ3v) is 2.56. The summed E-state index contributed by atoms with van der Waals surface area (Å²) in [5, 5.41) is 3.12. The maximum Gasteiger partial charge on any atom is 0.255 e. The van der Waals surface area contributed by atoms with E-state index >= 15 is 0 Å². The van der Waals surface area contributed by atoms with Crippen molar-refractivity contribution in [1.82, 2.24) is 5.32 Å². The van der Waals surface area contributed by atoms with E-state index in [4.69, 9.17) is 32.5 Å². The van der Waals surface area contributed by atoms with Crippen molar-refractivity contribution in [2.45, 2.75) is 6.54 Å². The summed E-state index contributed by atoms with van der Waals surface area (Å²) in [7, 11) is 1.45. The van der Waals surface area contributed by atoms with Crippen molar-refractivity contribution >= 4 is 23.4 Å². The van der Waals surface area contributed by atoms with Gasteiger partial charge in [-0.25, -0.2) is 0 Å². The zero-order valence-electron chi connectivity index (χ0n) is 10.9. The lowest BCUT2D eigenvalue weighted by Crippen LogP contribution is -2.28. The number of ether oxygens (including phenoxy) is 2. The van der Waals surface area contributed by atoms with E-state index < -0.39 is 11.8 Å². The second kappa shape index (κ2) is 7.56. The van der Waals surface area contributed by atoms with E-state index in [9.17, 15) is 9.59 Å². The largest absolute Gasteiger partial charge is 0.493 e. The average Bonchev–Trinajstić information content (AvgIpc) is 2.36. The molecule has 0 spiro atoms. The Labute approximate surface area is 121 Å². The van der Waals surface area contributed by atoms with Crippen molar-refractivity contribution in [2.75, 3.05) is 20.3 Å². The van der Waals surface area contributed by atoms with Gasteiger partial charge in [0.2, 0.25) is 5.91 Å². The molecule has 110 valence electrons. The topological polar surface area (TPSA) is 117 Å². The number of halogens is 1. The van der Waals surface area contributed by atoms with Crippen LogP contribution in [-0.4, -0.2) is 32.1 Å².